The minimum absolute atomic E-state index is 0.0800. The van der Waals surface area contributed by atoms with Crippen LogP contribution in [0.3, 0.4) is 0 Å². The summed E-state index contributed by atoms with van der Waals surface area (Å²) in [5.41, 5.74) is 1.35. The van der Waals surface area contributed by atoms with Crippen molar-refractivity contribution in [3.8, 4) is 0 Å². The number of carbonyl (C=O) groups excluding carboxylic acids is 2. The van der Waals surface area contributed by atoms with Crippen molar-refractivity contribution in [3.63, 3.8) is 0 Å². The van der Waals surface area contributed by atoms with E-state index in [1.165, 1.54) is 4.90 Å². The van der Waals surface area contributed by atoms with E-state index in [0.717, 1.165) is 12.0 Å². The van der Waals surface area contributed by atoms with Crippen LogP contribution >= 0.6 is 0 Å². The monoisotopic (exact) mass is 321 g/mol. The van der Waals surface area contributed by atoms with Crippen molar-refractivity contribution in [3.05, 3.63) is 35.4 Å². The third-order valence-electron chi connectivity index (χ3n) is 3.36. The molecule has 1 rings (SSSR count). The molecule has 0 fully saturated rings. The van der Waals surface area contributed by atoms with Gasteiger partial charge < -0.3 is 14.4 Å². The van der Waals surface area contributed by atoms with E-state index >= 15 is 0 Å². The van der Waals surface area contributed by atoms with E-state index in [9.17, 15) is 9.59 Å². The lowest BCUT2D eigenvalue weighted by Gasteiger charge is -2.14. The molecular weight excluding hydrogens is 294 g/mol. The van der Waals surface area contributed by atoms with Gasteiger partial charge in [-0.25, -0.2) is 4.79 Å². The van der Waals surface area contributed by atoms with Crippen molar-refractivity contribution in [1.82, 2.24) is 4.90 Å². The van der Waals surface area contributed by atoms with Crippen LogP contribution in [0.1, 0.15) is 43.1 Å². The maximum atomic E-state index is 11.9. The van der Waals surface area contributed by atoms with Crippen LogP contribution in [0.2, 0.25) is 0 Å². The van der Waals surface area contributed by atoms with Gasteiger partial charge in [0.25, 0.3) is 5.91 Å². The number of carbonyl (C=O) groups is 2. The largest absolute Gasteiger partial charge is 0.459 e. The fraction of sp³-hybridized carbons (Fsp3) is 0.556. The Balaban J connectivity index is 2.49. The molecular formula is C18H27NO4. The van der Waals surface area contributed by atoms with E-state index in [-0.39, 0.29) is 12.5 Å². The second kappa shape index (κ2) is 9.30. The van der Waals surface area contributed by atoms with Crippen molar-refractivity contribution in [2.75, 3.05) is 20.7 Å². The molecule has 5 nitrogen and oxygen atoms in total. The van der Waals surface area contributed by atoms with Crippen LogP contribution in [0.15, 0.2) is 24.3 Å². The highest BCUT2D eigenvalue weighted by Gasteiger charge is 2.15. The number of hydrogen-bond donors (Lipinski definition) is 0. The molecule has 1 amide bonds. The molecule has 0 aliphatic rings. The van der Waals surface area contributed by atoms with Gasteiger partial charge >= 0.3 is 5.97 Å². The van der Waals surface area contributed by atoms with Gasteiger partial charge in [-0.05, 0) is 37.0 Å². The average Bonchev–Trinajstić information content (AvgIpc) is 2.51. The molecule has 0 aromatic heterocycles. The first kappa shape index (κ1) is 19.2. The van der Waals surface area contributed by atoms with Gasteiger partial charge in [-0.2, -0.15) is 0 Å². The standard InChI is InChI=1S/C18H27NO4/c1-13(2)9-10-22-14(3)18(21)23-12-15-7-6-8-16(11-15)17(20)19(4)5/h6-8,11,13-14H,9-10,12H2,1-5H3. The Morgan fingerprint density at radius 3 is 2.48 bits per heavy atom. The first-order valence-electron chi connectivity index (χ1n) is 7.90. The fourth-order valence-corrected chi connectivity index (χ4v) is 1.87. The third-order valence-corrected chi connectivity index (χ3v) is 3.36. The van der Waals surface area contributed by atoms with Gasteiger partial charge in [0.2, 0.25) is 0 Å². The van der Waals surface area contributed by atoms with E-state index in [0.29, 0.717) is 18.1 Å². The SMILES string of the molecule is CC(C)CCOC(C)C(=O)OCc1cccc(C(=O)N(C)C)c1. The number of amides is 1. The Hall–Kier alpha value is -1.88. The molecule has 128 valence electrons. The molecule has 0 saturated heterocycles. The van der Waals surface area contributed by atoms with E-state index in [1.54, 1.807) is 39.2 Å². The smallest absolute Gasteiger partial charge is 0.335 e. The molecule has 1 atom stereocenters. The Morgan fingerprint density at radius 1 is 1.17 bits per heavy atom. The van der Waals surface area contributed by atoms with Gasteiger partial charge in [0.15, 0.2) is 6.10 Å². The molecule has 0 N–H and O–H groups in total. The van der Waals surface area contributed by atoms with Gasteiger partial charge in [-0.3, -0.25) is 4.79 Å². The number of ether oxygens (including phenoxy) is 2. The quantitative estimate of drug-likeness (QED) is 0.691. The highest BCUT2D eigenvalue weighted by atomic mass is 16.6. The van der Waals surface area contributed by atoms with Crippen LogP contribution in [0, 0.1) is 5.92 Å². The molecule has 0 aliphatic carbocycles. The summed E-state index contributed by atoms with van der Waals surface area (Å²) in [7, 11) is 3.40. The Bertz CT molecular complexity index is 526. The van der Waals surface area contributed by atoms with E-state index in [2.05, 4.69) is 13.8 Å². The van der Waals surface area contributed by atoms with Gasteiger partial charge in [0, 0.05) is 26.3 Å². The normalized spacial score (nSPS) is 12.1. The van der Waals surface area contributed by atoms with Crippen molar-refractivity contribution in [2.24, 2.45) is 5.92 Å². The zero-order valence-electron chi connectivity index (χ0n) is 14.7. The van der Waals surface area contributed by atoms with Crippen LogP contribution in [0.25, 0.3) is 0 Å². The lowest BCUT2D eigenvalue weighted by molar-refractivity contribution is -0.157. The number of esters is 1. The van der Waals surface area contributed by atoms with Crippen LogP contribution < -0.4 is 0 Å². The minimum Gasteiger partial charge on any atom is -0.459 e. The topological polar surface area (TPSA) is 55.8 Å². The van der Waals surface area contributed by atoms with Crippen LogP contribution in [-0.2, 0) is 20.9 Å². The number of nitrogens with zero attached hydrogens (tertiary/aromatic N) is 1. The van der Waals surface area contributed by atoms with Crippen LogP contribution in [0.5, 0.6) is 0 Å². The molecule has 0 spiro atoms. The molecule has 0 radical (unpaired) electrons. The summed E-state index contributed by atoms with van der Waals surface area (Å²) in [6.45, 7) is 6.57. The molecule has 1 aromatic rings. The van der Waals surface area contributed by atoms with Crippen molar-refractivity contribution in [2.45, 2.75) is 39.9 Å². The predicted molar refractivity (Wildman–Crippen MR) is 89.1 cm³/mol. The van der Waals surface area contributed by atoms with Crippen molar-refractivity contribution >= 4 is 11.9 Å². The fourth-order valence-electron chi connectivity index (χ4n) is 1.87. The second-order valence-corrected chi connectivity index (χ2v) is 6.20. The third kappa shape index (κ3) is 6.82. The number of rotatable bonds is 8. The highest BCUT2D eigenvalue weighted by molar-refractivity contribution is 5.94. The molecule has 1 unspecified atom stereocenters. The van der Waals surface area contributed by atoms with Crippen molar-refractivity contribution < 1.29 is 19.1 Å². The summed E-state index contributed by atoms with van der Waals surface area (Å²) >= 11 is 0. The number of benzene rings is 1. The summed E-state index contributed by atoms with van der Waals surface area (Å²) < 4.78 is 10.7. The first-order valence-corrected chi connectivity index (χ1v) is 7.90. The predicted octanol–water partition coefficient (Wildman–Crippen LogP) is 2.88. The Kier molecular flexibility index (Phi) is 7.75. The summed E-state index contributed by atoms with van der Waals surface area (Å²) in [6, 6.07) is 7.08. The zero-order chi connectivity index (χ0) is 17.4. The van der Waals surface area contributed by atoms with Crippen molar-refractivity contribution in [1.29, 1.82) is 0 Å². The summed E-state index contributed by atoms with van der Waals surface area (Å²) in [6.07, 6.45) is 0.326. The lowest BCUT2D eigenvalue weighted by Crippen LogP contribution is -2.24. The molecule has 0 heterocycles. The van der Waals surface area contributed by atoms with Gasteiger partial charge in [0.05, 0.1) is 0 Å². The average molecular weight is 321 g/mol. The van der Waals surface area contributed by atoms with E-state index < -0.39 is 12.1 Å². The maximum Gasteiger partial charge on any atom is 0.335 e. The molecule has 23 heavy (non-hydrogen) atoms. The highest BCUT2D eigenvalue weighted by Crippen LogP contribution is 2.10. The molecule has 1 aromatic carbocycles. The minimum atomic E-state index is -0.583. The Labute approximate surface area is 138 Å². The number of hydrogen-bond acceptors (Lipinski definition) is 4. The summed E-state index contributed by atoms with van der Waals surface area (Å²) in [4.78, 5) is 25.3. The summed E-state index contributed by atoms with van der Waals surface area (Å²) in [5.74, 6) is 0.0665. The maximum absolute atomic E-state index is 11.9. The van der Waals surface area contributed by atoms with Crippen LogP contribution in [0.4, 0.5) is 0 Å². The lowest BCUT2D eigenvalue weighted by atomic mass is 10.1. The van der Waals surface area contributed by atoms with Crippen LogP contribution in [-0.4, -0.2) is 43.6 Å². The Morgan fingerprint density at radius 2 is 1.87 bits per heavy atom. The molecule has 0 bridgehead atoms. The molecule has 0 aliphatic heterocycles. The van der Waals surface area contributed by atoms with E-state index in [1.807, 2.05) is 6.07 Å². The molecule has 5 heteroatoms. The first-order chi connectivity index (χ1) is 10.8. The van der Waals surface area contributed by atoms with Gasteiger partial charge in [0.1, 0.15) is 6.61 Å². The van der Waals surface area contributed by atoms with E-state index in [4.69, 9.17) is 9.47 Å². The van der Waals surface area contributed by atoms with Gasteiger partial charge in [-0.15, -0.1) is 0 Å². The summed E-state index contributed by atoms with van der Waals surface area (Å²) in [5, 5.41) is 0. The van der Waals surface area contributed by atoms with Gasteiger partial charge in [-0.1, -0.05) is 26.0 Å². The second-order valence-electron chi connectivity index (χ2n) is 6.20. The zero-order valence-corrected chi connectivity index (χ0v) is 14.7. The molecule has 0 saturated carbocycles.